The number of rotatable bonds is 43. The lowest BCUT2D eigenvalue weighted by Crippen LogP contribution is -2.61. The number of hydrogen-bond donors (Lipinski definition) is 21. The summed E-state index contributed by atoms with van der Waals surface area (Å²) in [5.74, 6) is -16.5. The monoisotopic (exact) mass is 1200 g/mol. The van der Waals surface area contributed by atoms with Crippen molar-refractivity contribution in [3.8, 4) is 0 Å². The molecule has 0 fully saturated rings. The van der Waals surface area contributed by atoms with Gasteiger partial charge in [0.1, 0.15) is 54.4 Å². The lowest BCUT2D eigenvalue weighted by atomic mass is 9.98. The van der Waals surface area contributed by atoms with Crippen LogP contribution in [0.25, 0.3) is 0 Å². The Kier molecular flexibility index (Phi) is 35.8. The van der Waals surface area contributed by atoms with Crippen LogP contribution in [-0.4, -0.2) is 197 Å². The molecule has 0 aromatic rings. The van der Waals surface area contributed by atoms with Gasteiger partial charge in [0.2, 0.25) is 70.9 Å². The van der Waals surface area contributed by atoms with Crippen molar-refractivity contribution in [1.29, 1.82) is 0 Å². The standard InChI is InChI=1S/C48H88N20O16/c1-5-23(4)36(46(83)84)68-43(80)30(19-35(53)73)65-41(78)29(18-34(52)72)64-39(76)25(11-8-14-58-47(54)55)60-40(77)27(16-22(2)3)63-38(75)26(12-9-15-59-48(56)57)61-44(81)31(20-69)67-45(82)32(21-70)66-42(79)28(17-33(51)71)62-37(74)24(50)10-6-7-13-49/h22-32,36,69-70H,5-21,49-50H2,1-4H3,(H2,51,71)(H2,52,72)(H2,53,73)(H,60,77)(H,61,81)(H,62,74)(H,63,75)(H,64,76)(H,65,78)(H,66,79)(H,67,82)(H,68,80)(H,83,84)(H4,54,55,58)(H4,56,57,59)/t23-,24-,25-,26-,27-,28-,29-,30-,31-,32-,36-/m0/s1. The number of nitrogens with one attached hydrogen (secondary N) is 9. The van der Waals surface area contributed by atoms with Gasteiger partial charge in [-0.3, -0.25) is 67.5 Å². The van der Waals surface area contributed by atoms with Crippen LogP contribution in [0.1, 0.15) is 105 Å². The minimum absolute atomic E-state index is 0.0133. The van der Waals surface area contributed by atoms with Crippen molar-refractivity contribution < 1.29 is 77.6 Å². The van der Waals surface area contributed by atoms with E-state index in [9.17, 15) is 77.6 Å². The quantitative estimate of drug-likeness (QED) is 0.0153. The highest BCUT2D eigenvalue weighted by Crippen LogP contribution is 2.12. The van der Waals surface area contributed by atoms with Crippen LogP contribution in [0.4, 0.5) is 0 Å². The average molecular weight is 1200 g/mol. The summed E-state index contributed by atoms with van der Waals surface area (Å²) in [6.45, 7) is 4.37. The minimum Gasteiger partial charge on any atom is -0.480 e. The van der Waals surface area contributed by atoms with Gasteiger partial charge in [-0.25, -0.2) is 4.79 Å². The molecule has 0 aliphatic carbocycles. The second kappa shape index (κ2) is 39.8. The fourth-order valence-electron chi connectivity index (χ4n) is 7.63. The Morgan fingerprint density at radius 2 is 0.750 bits per heavy atom. The highest BCUT2D eigenvalue weighted by Gasteiger charge is 2.37. The summed E-state index contributed by atoms with van der Waals surface area (Å²) in [7, 11) is 0. The second-order valence-corrected chi connectivity index (χ2v) is 20.0. The topological polar surface area (TPSA) is 650 Å². The Balaban J connectivity index is 6.91. The molecule has 0 rings (SSSR count). The molecule has 0 aromatic heterocycles. The van der Waals surface area contributed by atoms with Crippen LogP contribution in [0.3, 0.4) is 0 Å². The molecule has 0 heterocycles. The molecule has 0 bridgehead atoms. The minimum atomic E-state index is -1.91. The summed E-state index contributed by atoms with van der Waals surface area (Å²) in [4.78, 5) is 179. The number of carboxylic acids is 1. The SMILES string of the molecule is CC[C@H](C)[C@H](NC(=O)[C@H](CC(N)=O)NC(=O)[C@H](CC(N)=O)NC(=O)[C@H](CCCN=C(N)N)NC(=O)[C@H](CC(C)C)NC(=O)[C@H](CCCN=C(N)N)NC(=O)[C@H](CO)NC(=O)[C@H](CO)NC(=O)[C@H](CC(N)=O)NC(=O)[C@@H](N)CCCCN)C(=O)O. The number of aliphatic hydroxyl groups excluding tert-OH is 2. The van der Waals surface area contributed by atoms with Gasteiger partial charge in [-0.05, 0) is 63.3 Å². The number of aliphatic hydroxyl groups is 2. The maximum absolute atomic E-state index is 14.3. The van der Waals surface area contributed by atoms with Gasteiger partial charge in [0.05, 0.1) is 38.5 Å². The zero-order valence-electron chi connectivity index (χ0n) is 47.7. The summed E-state index contributed by atoms with van der Waals surface area (Å²) >= 11 is 0. The maximum atomic E-state index is 14.3. The lowest BCUT2D eigenvalue weighted by molar-refractivity contribution is -0.144. The highest BCUT2D eigenvalue weighted by molar-refractivity contribution is 6.00. The number of amides is 12. The molecule has 36 nitrogen and oxygen atoms in total. The fourth-order valence-corrected chi connectivity index (χ4v) is 7.63. The normalized spacial score (nSPS) is 14.9. The molecule has 30 N–H and O–H groups in total. The van der Waals surface area contributed by atoms with Gasteiger partial charge >= 0.3 is 5.97 Å². The molecule has 0 aliphatic rings. The summed E-state index contributed by atoms with van der Waals surface area (Å²) in [6.07, 6.45) is -1.81. The molecule has 0 aromatic carbocycles. The predicted molar refractivity (Wildman–Crippen MR) is 300 cm³/mol. The first-order valence-corrected chi connectivity index (χ1v) is 26.9. The molecule has 0 spiro atoms. The van der Waals surface area contributed by atoms with E-state index in [1.807, 2.05) is 0 Å². The summed E-state index contributed by atoms with van der Waals surface area (Å²) in [5, 5.41) is 50.7. The third kappa shape index (κ3) is 30.5. The molecule has 84 heavy (non-hydrogen) atoms. The highest BCUT2D eigenvalue weighted by atomic mass is 16.4. The number of primary amides is 3. The first kappa shape index (κ1) is 75.5. The number of aliphatic imine (C=N–C) groups is 2. The zero-order chi connectivity index (χ0) is 64.4. The number of nitrogens with zero attached hydrogens (tertiary/aromatic N) is 2. The molecule has 11 atom stereocenters. The molecule has 12 amide bonds. The molecule has 0 radical (unpaired) electrons. The zero-order valence-corrected chi connectivity index (χ0v) is 47.7. The molecular formula is C48H88N20O16. The van der Waals surface area contributed by atoms with E-state index in [1.54, 1.807) is 20.8 Å². The molecule has 0 unspecified atom stereocenters. The number of nitrogens with two attached hydrogens (primary N) is 9. The summed E-state index contributed by atoms with van der Waals surface area (Å²) < 4.78 is 0. The maximum Gasteiger partial charge on any atom is 0.326 e. The smallest absolute Gasteiger partial charge is 0.326 e. The average Bonchev–Trinajstić information content (AvgIpc) is 3.54. The number of carboxylic acid groups (broad SMARTS) is 1. The second-order valence-electron chi connectivity index (χ2n) is 20.0. The van der Waals surface area contributed by atoms with Crippen LogP contribution in [0.2, 0.25) is 0 Å². The van der Waals surface area contributed by atoms with Crippen molar-refractivity contribution in [1.82, 2.24) is 47.9 Å². The van der Waals surface area contributed by atoms with Crippen molar-refractivity contribution in [3.05, 3.63) is 0 Å². The number of carbonyl (C=O) groups excluding carboxylic acids is 12. The third-order valence-corrected chi connectivity index (χ3v) is 12.3. The van der Waals surface area contributed by atoms with Crippen LogP contribution in [0.5, 0.6) is 0 Å². The number of carbonyl (C=O) groups is 13. The molecule has 0 saturated carbocycles. The van der Waals surface area contributed by atoms with Crippen molar-refractivity contribution in [2.24, 2.45) is 73.4 Å². The molecular weight excluding hydrogens is 1110 g/mol. The van der Waals surface area contributed by atoms with Crippen molar-refractivity contribution in [3.63, 3.8) is 0 Å². The Hall–Kier alpha value is -8.51. The van der Waals surface area contributed by atoms with Crippen LogP contribution in [0, 0.1) is 11.8 Å². The first-order valence-electron chi connectivity index (χ1n) is 26.9. The van der Waals surface area contributed by atoms with Gasteiger partial charge in [0.15, 0.2) is 11.9 Å². The number of hydrogen-bond acceptors (Lipinski definition) is 19. The summed E-state index contributed by atoms with van der Waals surface area (Å²) in [6, 6.07) is -16.5. The van der Waals surface area contributed by atoms with Gasteiger partial charge in [0.25, 0.3) is 0 Å². The van der Waals surface area contributed by atoms with E-state index in [4.69, 9.17) is 51.6 Å². The largest absolute Gasteiger partial charge is 0.480 e. The number of unbranched alkanes of at least 4 members (excludes halogenated alkanes) is 1. The Morgan fingerprint density at radius 1 is 0.429 bits per heavy atom. The van der Waals surface area contributed by atoms with Crippen LogP contribution in [-0.2, 0) is 62.3 Å². The Labute approximate surface area is 484 Å². The van der Waals surface area contributed by atoms with Crippen LogP contribution < -0.4 is 99.5 Å². The molecule has 36 heteroatoms. The molecule has 0 aliphatic heterocycles. The number of guanidine groups is 2. The first-order chi connectivity index (χ1) is 39.3. The van der Waals surface area contributed by atoms with Crippen molar-refractivity contribution >= 4 is 88.8 Å². The van der Waals surface area contributed by atoms with E-state index in [2.05, 4.69) is 57.8 Å². The van der Waals surface area contributed by atoms with E-state index >= 15 is 0 Å². The van der Waals surface area contributed by atoms with Gasteiger partial charge in [-0.15, -0.1) is 0 Å². The van der Waals surface area contributed by atoms with Gasteiger partial charge in [-0.2, -0.15) is 0 Å². The van der Waals surface area contributed by atoms with Crippen LogP contribution >= 0.6 is 0 Å². The van der Waals surface area contributed by atoms with E-state index in [0.717, 1.165) is 0 Å². The van der Waals surface area contributed by atoms with E-state index in [-0.39, 0.29) is 69.5 Å². The summed E-state index contributed by atoms with van der Waals surface area (Å²) in [5.41, 5.74) is 49.2. The lowest BCUT2D eigenvalue weighted by Gasteiger charge is -2.28. The van der Waals surface area contributed by atoms with Gasteiger partial charge in [-0.1, -0.05) is 40.5 Å². The Bertz CT molecular complexity index is 2320. The molecule has 0 saturated heterocycles. The van der Waals surface area contributed by atoms with Crippen molar-refractivity contribution in [2.75, 3.05) is 32.8 Å². The predicted octanol–water partition coefficient (Wildman–Crippen LogP) is -10.3. The molecule has 476 valence electrons. The van der Waals surface area contributed by atoms with Gasteiger partial charge in [0, 0.05) is 13.1 Å². The van der Waals surface area contributed by atoms with E-state index < -0.39 is 176 Å². The van der Waals surface area contributed by atoms with Crippen molar-refractivity contribution in [2.45, 2.75) is 165 Å². The van der Waals surface area contributed by atoms with E-state index in [1.165, 1.54) is 6.92 Å². The number of aliphatic carboxylic acids is 1. The van der Waals surface area contributed by atoms with Crippen LogP contribution in [0.15, 0.2) is 9.98 Å². The third-order valence-electron chi connectivity index (χ3n) is 12.3. The van der Waals surface area contributed by atoms with Gasteiger partial charge < -0.3 is 115 Å². The Morgan fingerprint density at radius 3 is 1.08 bits per heavy atom. The van der Waals surface area contributed by atoms with E-state index in [0.29, 0.717) is 25.8 Å². The fraction of sp³-hybridized carbons (Fsp3) is 0.688.